The summed E-state index contributed by atoms with van der Waals surface area (Å²) in [6.07, 6.45) is 1.09. The Kier molecular flexibility index (Phi) is 6.00. The van der Waals surface area contributed by atoms with Gasteiger partial charge in [-0.15, -0.1) is 0 Å². The van der Waals surface area contributed by atoms with E-state index in [0.717, 1.165) is 44.2 Å². The molecule has 2 rings (SSSR count). The van der Waals surface area contributed by atoms with E-state index >= 15 is 0 Å². The third-order valence-corrected chi connectivity index (χ3v) is 3.82. The number of hydrogen-bond donors (Lipinski definition) is 2. The van der Waals surface area contributed by atoms with E-state index in [0.29, 0.717) is 12.5 Å². The SMILES string of the molecule is CCOCC1CCN(C(=NC)NCc2ccc(O)c(F)c2)C1. The van der Waals surface area contributed by atoms with Crippen LogP contribution in [-0.4, -0.2) is 49.3 Å². The van der Waals surface area contributed by atoms with Crippen molar-refractivity contribution in [1.29, 1.82) is 0 Å². The van der Waals surface area contributed by atoms with Gasteiger partial charge < -0.3 is 20.1 Å². The first-order valence-corrected chi connectivity index (χ1v) is 7.64. The third-order valence-electron chi connectivity index (χ3n) is 3.82. The number of likely N-dealkylation sites (tertiary alicyclic amines) is 1. The lowest BCUT2D eigenvalue weighted by molar-refractivity contribution is 0.114. The van der Waals surface area contributed by atoms with Crippen molar-refractivity contribution >= 4 is 5.96 Å². The molecule has 1 saturated heterocycles. The van der Waals surface area contributed by atoms with Gasteiger partial charge in [0.25, 0.3) is 0 Å². The van der Waals surface area contributed by atoms with Crippen molar-refractivity contribution in [3.8, 4) is 5.75 Å². The molecular formula is C16H24FN3O2. The van der Waals surface area contributed by atoms with Crippen LogP contribution < -0.4 is 5.32 Å². The molecule has 1 aromatic carbocycles. The first kappa shape index (κ1) is 16.5. The predicted molar refractivity (Wildman–Crippen MR) is 84.4 cm³/mol. The molecule has 1 unspecified atom stereocenters. The van der Waals surface area contributed by atoms with Gasteiger partial charge in [-0.1, -0.05) is 6.07 Å². The molecule has 1 heterocycles. The minimum atomic E-state index is -0.604. The molecule has 1 aliphatic heterocycles. The smallest absolute Gasteiger partial charge is 0.193 e. The van der Waals surface area contributed by atoms with Gasteiger partial charge in [-0.05, 0) is 31.0 Å². The molecule has 5 nitrogen and oxygen atoms in total. The Labute approximate surface area is 130 Å². The Morgan fingerprint density at radius 3 is 3.05 bits per heavy atom. The molecule has 6 heteroatoms. The molecule has 0 aromatic heterocycles. The fraction of sp³-hybridized carbons (Fsp3) is 0.562. The highest BCUT2D eigenvalue weighted by molar-refractivity contribution is 5.80. The van der Waals surface area contributed by atoms with Gasteiger partial charge in [0.2, 0.25) is 0 Å². The van der Waals surface area contributed by atoms with Crippen molar-refractivity contribution < 1.29 is 14.2 Å². The van der Waals surface area contributed by atoms with Gasteiger partial charge in [-0.3, -0.25) is 4.99 Å². The van der Waals surface area contributed by atoms with Crippen LogP contribution in [-0.2, 0) is 11.3 Å². The number of nitrogens with one attached hydrogen (secondary N) is 1. The van der Waals surface area contributed by atoms with Crippen LogP contribution in [0.4, 0.5) is 4.39 Å². The van der Waals surface area contributed by atoms with E-state index in [4.69, 9.17) is 4.74 Å². The number of hydrogen-bond acceptors (Lipinski definition) is 3. The maximum absolute atomic E-state index is 13.3. The Hall–Kier alpha value is -1.82. The average Bonchev–Trinajstić information content (AvgIpc) is 2.98. The molecule has 0 spiro atoms. The van der Waals surface area contributed by atoms with Crippen LogP contribution in [0, 0.1) is 11.7 Å². The topological polar surface area (TPSA) is 57.1 Å². The molecule has 1 aliphatic rings. The molecule has 1 aromatic rings. The second kappa shape index (κ2) is 7.98. The zero-order valence-corrected chi connectivity index (χ0v) is 13.2. The van der Waals surface area contributed by atoms with Gasteiger partial charge >= 0.3 is 0 Å². The quantitative estimate of drug-likeness (QED) is 0.645. The van der Waals surface area contributed by atoms with Crippen molar-refractivity contribution in [1.82, 2.24) is 10.2 Å². The molecule has 0 saturated carbocycles. The van der Waals surface area contributed by atoms with Gasteiger partial charge in [-0.2, -0.15) is 0 Å². The van der Waals surface area contributed by atoms with E-state index in [1.165, 1.54) is 12.1 Å². The largest absolute Gasteiger partial charge is 0.505 e. The molecule has 1 atom stereocenters. The molecule has 0 bridgehead atoms. The zero-order valence-electron chi connectivity index (χ0n) is 13.2. The number of phenols is 1. The Balaban J connectivity index is 1.86. The fourth-order valence-corrected chi connectivity index (χ4v) is 2.62. The Bertz CT molecular complexity index is 522. The first-order chi connectivity index (χ1) is 10.6. The number of phenolic OH excluding ortho intramolecular Hbond substituents is 1. The molecule has 0 aliphatic carbocycles. The van der Waals surface area contributed by atoms with E-state index in [9.17, 15) is 9.50 Å². The maximum Gasteiger partial charge on any atom is 0.193 e. The number of aromatic hydroxyl groups is 1. The number of aliphatic imine (C=N–C) groups is 1. The van der Waals surface area contributed by atoms with Crippen LogP contribution in [0.1, 0.15) is 18.9 Å². The van der Waals surface area contributed by atoms with Crippen LogP contribution in [0.3, 0.4) is 0 Å². The number of ether oxygens (including phenoxy) is 1. The molecule has 22 heavy (non-hydrogen) atoms. The van der Waals surface area contributed by atoms with Gasteiger partial charge in [0.1, 0.15) is 0 Å². The summed E-state index contributed by atoms with van der Waals surface area (Å²) < 4.78 is 18.8. The van der Waals surface area contributed by atoms with Crippen LogP contribution in [0.5, 0.6) is 5.75 Å². The number of halogens is 1. The molecule has 1 fully saturated rings. The summed E-state index contributed by atoms with van der Waals surface area (Å²) in [7, 11) is 1.75. The number of nitrogens with zero attached hydrogens (tertiary/aromatic N) is 2. The van der Waals surface area contributed by atoms with Gasteiger partial charge in [0.15, 0.2) is 17.5 Å². The summed E-state index contributed by atoms with van der Waals surface area (Å²) in [5.74, 6) is 0.413. The average molecular weight is 309 g/mol. The number of guanidine groups is 1. The fourth-order valence-electron chi connectivity index (χ4n) is 2.62. The van der Waals surface area contributed by atoms with E-state index in [-0.39, 0.29) is 5.75 Å². The summed E-state index contributed by atoms with van der Waals surface area (Å²) in [6.45, 7) is 5.87. The maximum atomic E-state index is 13.3. The summed E-state index contributed by atoms with van der Waals surface area (Å²) in [6, 6.07) is 4.39. The van der Waals surface area contributed by atoms with Crippen LogP contribution in [0.15, 0.2) is 23.2 Å². The lowest BCUT2D eigenvalue weighted by Crippen LogP contribution is -2.39. The Morgan fingerprint density at radius 2 is 2.36 bits per heavy atom. The highest BCUT2D eigenvalue weighted by Gasteiger charge is 2.24. The number of rotatable bonds is 5. The lowest BCUT2D eigenvalue weighted by atomic mass is 10.1. The minimum Gasteiger partial charge on any atom is -0.505 e. The summed E-state index contributed by atoms with van der Waals surface area (Å²) in [5.41, 5.74) is 0.765. The van der Waals surface area contributed by atoms with Crippen LogP contribution in [0.2, 0.25) is 0 Å². The van der Waals surface area contributed by atoms with Crippen molar-refractivity contribution in [3.05, 3.63) is 29.6 Å². The minimum absolute atomic E-state index is 0.327. The van der Waals surface area contributed by atoms with Crippen molar-refractivity contribution in [2.24, 2.45) is 10.9 Å². The van der Waals surface area contributed by atoms with Crippen molar-refractivity contribution in [3.63, 3.8) is 0 Å². The first-order valence-electron chi connectivity index (χ1n) is 7.64. The summed E-state index contributed by atoms with van der Waals surface area (Å²) in [5, 5.41) is 12.4. The highest BCUT2D eigenvalue weighted by Crippen LogP contribution is 2.18. The highest BCUT2D eigenvalue weighted by atomic mass is 19.1. The van der Waals surface area contributed by atoms with Gasteiger partial charge in [0.05, 0.1) is 6.61 Å². The Morgan fingerprint density at radius 1 is 1.55 bits per heavy atom. The molecular weight excluding hydrogens is 285 g/mol. The second-order valence-electron chi connectivity index (χ2n) is 5.45. The van der Waals surface area contributed by atoms with Crippen LogP contribution in [0.25, 0.3) is 0 Å². The van der Waals surface area contributed by atoms with E-state index < -0.39 is 5.82 Å². The van der Waals surface area contributed by atoms with E-state index in [1.54, 1.807) is 13.1 Å². The molecule has 2 N–H and O–H groups in total. The normalized spacial score (nSPS) is 18.8. The summed E-state index contributed by atoms with van der Waals surface area (Å²) >= 11 is 0. The standard InChI is InChI=1S/C16H24FN3O2/c1-3-22-11-13-6-7-20(10-13)16(18-2)19-9-12-4-5-15(21)14(17)8-12/h4-5,8,13,21H,3,6-7,9-11H2,1-2H3,(H,18,19). The van der Waals surface area contributed by atoms with Crippen molar-refractivity contribution in [2.75, 3.05) is 33.4 Å². The molecule has 0 radical (unpaired) electrons. The zero-order chi connectivity index (χ0) is 15.9. The van der Waals surface area contributed by atoms with Crippen LogP contribution >= 0.6 is 0 Å². The van der Waals surface area contributed by atoms with E-state index in [1.807, 2.05) is 6.92 Å². The lowest BCUT2D eigenvalue weighted by Gasteiger charge is -2.21. The molecule has 122 valence electrons. The van der Waals surface area contributed by atoms with Crippen molar-refractivity contribution in [2.45, 2.75) is 19.9 Å². The molecule has 0 amide bonds. The summed E-state index contributed by atoms with van der Waals surface area (Å²) in [4.78, 5) is 6.48. The number of benzene rings is 1. The predicted octanol–water partition coefficient (Wildman–Crippen LogP) is 1.97. The van der Waals surface area contributed by atoms with Gasteiger partial charge in [-0.25, -0.2) is 4.39 Å². The van der Waals surface area contributed by atoms with Gasteiger partial charge in [0, 0.05) is 39.2 Å². The third kappa shape index (κ3) is 4.34. The van der Waals surface area contributed by atoms with E-state index in [2.05, 4.69) is 15.2 Å². The second-order valence-corrected chi connectivity index (χ2v) is 5.45. The monoisotopic (exact) mass is 309 g/mol.